The zero-order valence-corrected chi connectivity index (χ0v) is 16.7. The minimum atomic E-state index is 0.837. The molecule has 2 heteroatoms. The van der Waals surface area contributed by atoms with Crippen molar-refractivity contribution >= 4 is 34.2 Å². The van der Waals surface area contributed by atoms with Gasteiger partial charge in [0.2, 0.25) is 0 Å². The number of rotatable bonds is 5. The van der Waals surface area contributed by atoms with E-state index in [1.807, 2.05) is 6.07 Å². The van der Waals surface area contributed by atoms with Crippen LogP contribution >= 0.6 is 0 Å². The van der Waals surface area contributed by atoms with Crippen molar-refractivity contribution in [3.05, 3.63) is 120 Å². The molecule has 5 rings (SSSR count). The quantitative estimate of drug-likeness (QED) is 0.288. The van der Waals surface area contributed by atoms with Gasteiger partial charge in [0.25, 0.3) is 0 Å². The van der Waals surface area contributed by atoms with Gasteiger partial charge in [-0.25, -0.2) is 0 Å². The molecular weight excluding hydrogens is 364 g/mol. The third-order valence-corrected chi connectivity index (χ3v) is 5.55. The molecule has 0 amide bonds. The number of fused-ring (bicyclic) bond motifs is 3. The smallest absolute Gasteiger partial charge is 0.0658 e. The molecule has 0 bridgehead atoms. The highest BCUT2D eigenvalue weighted by molar-refractivity contribution is 6.09. The van der Waals surface area contributed by atoms with Crippen molar-refractivity contribution in [2.75, 3.05) is 0 Å². The molecule has 144 valence electrons. The monoisotopic (exact) mass is 386 g/mol. The van der Waals surface area contributed by atoms with Crippen LogP contribution in [0.4, 0.5) is 0 Å². The Bertz CT molecular complexity index is 1300. The van der Waals surface area contributed by atoms with Gasteiger partial charge in [0.05, 0.1) is 16.7 Å². The fraction of sp³-hybridized carbons (Fsp3) is 0.0357. The fourth-order valence-corrected chi connectivity index (χ4v) is 4.08. The Hall–Kier alpha value is -3.91. The van der Waals surface area contributed by atoms with E-state index in [9.17, 15) is 0 Å². The van der Waals surface area contributed by atoms with Crippen molar-refractivity contribution in [2.45, 2.75) is 6.42 Å². The van der Waals surface area contributed by atoms with Gasteiger partial charge < -0.3 is 4.57 Å². The molecule has 2 nitrogen and oxygen atoms in total. The predicted molar refractivity (Wildman–Crippen MR) is 128 cm³/mol. The largest absolute Gasteiger partial charge is 0.309 e. The van der Waals surface area contributed by atoms with E-state index in [0.717, 1.165) is 23.4 Å². The van der Waals surface area contributed by atoms with Gasteiger partial charge in [-0.3, -0.25) is 4.99 Å². The van der Waals surface area contributed by atoms with Crippen LogP contribution in [-0.2, 0) is 6.42 Å². The number of para-hydroxylation sites is 2. The lowest BCUT2D eigenvalue weighted by Gasteiger charge is -2.09. The van der Waals surface area contributed by atoms with Crippen molar-refractivity contribution in [1.29, 1.82) is 0 Å². The normalized spacial score (nSPS) is 11.8. The third kappa shape index (κ3) is 3.23. The van der Waals surface area contributed by atoms with Crippen molar-refractivity contribution in [1.82, 2.24) is 4.57 Å². The van der Waals surface area contributed by atoms with E-state index < -0.39 is 0 Å². The van der Waals surface area contributed by atoms with Crippen LogP contribution in [0.3, 0.4) is 0 Å². The van der Waals surface area contributed by atoms with Crippen LogP contribution in [0.1, 0.15) is 11.1 Å². The highest BCUT2D eigenvalue weighted by Crippen LogP contribution is 2.32. The zero-order valence-electron chi connectivity index (χ0n) is 16.7. The molecule has 0 unspecified atom stereocenters. The number of aromatic nitrogens is 1. The summed E-state index contributed by atoms with van der Waals surface area (Å²) in [4.78, 5) is 4.27. The van der Waals surface area contributed by atoms with Gasteiger partial charge in [-0.05, 0) is 48.5 Å². The summed E-state index contributed by atoms with van der Waals surface area (Å²) in [6.45, 7) is 3.78. The van der Waals surface area contributed by atoms with Gasteiger partial charge in [-0.1, -0.05) is 84.9 Å². The molecule has 5 aromatic rings. The summed E-state index contributed by atoms with van der Waals surface area (Å²) in [6, 6.07) is 36.1. The first-order valence-corrected chi connectivity index (χ1v) is 10.1. The number of hydrogen-bond donors (Lipinski definition) is 0. The maximum Gasteiger partial charge on any atom is 0.0658 e. The molecular formula is C28H22N2. The number of benzene rings is 4. The lowest BCUT2D eigenvalue weighted by atomic mass is 10.1. The molecule has 30 heavy (non-hydrogen) atoms. The molecule has 0 atom stereocenters. The maximum atomic E-state index is 4.27. The molecule has 0 N–H and O–H groups in total. The third-order valence-electron chi connectivity index (χ3n) is 5.55. The van der Waals surface area contributed by atoms with Crippen LogP contribution in [0.15, 0.2) is 114 Å². The van der Waals surface area contributed by atoms with Crippen LogP contribution in [0.25, 0.3) is 33.2 Å². The summed E-state index contributed by atoms with van der Waals surface area (Å²) in [5.74, 6) is 0. The van der Waals surface area contributed by atoms with Crippen LogP contribution < -0.4 is 0 Å². The van der Waals surface area contributed by atoms with Crippen molar-refractivity contribution in [2.24, 2.45) is 4.99 Å². The van der Waals surface area contributed by atoms with Gasteiger partial charge in [0, 0.05) is 16.5 Å². The lowest BCUT2D eigenvalue weighted by molar-refractivity contribution is 1.18. The van der Waals surface area contributed by atoms with Gasteiger partial charge in [-0.15, -0.1) is 0 Å². The van der Waals surface area contributed by atoms with E-state index in [4.69, 9.17) is 0 Å². The molecule has 0 saturated carbocycles. The minimum absolute atomic E-state index is 0.837. The Morgan fingerprint density at radius 2 is 1.27 bits per heavy atom. The minimum Gasteiger partial charge on any atom is -0.309 e. The van der Waals surface area contributed by atoms with E-state index in [1.54, 1.807) is 0 Å². The summed E-state index contributed by atoms with van der Waals surface area (Å²) in [6.07, 6.45) is 2.97. The summed E-state index contributed by atoms with van der Waals surface area (Å²) < 4.78 is 2.32. The van der Waals surface area contributed by atoms with Crippen molar-refractivity contribution in [3.63, 3.8) is 0 Å². The molecule has 0 aliphatic heterocycles. The second kappa shape index (κ2) is 7.84. The van der Waals surface area contributed by atoms with Gasteiger partial charge >= 0.3 is 0 Å². The molecule has 0 spiro atoms. The Morgan fingerprint density at radius 3 is 1.87 bits per heavy atom. The van der Waals surface area contributed by atoms with Crippen LogP contribution in [-0.4, -0.2) is 11.3 Å². The van der Waals surface area contributed by atoms with E-state index in [-0.39, 0.29) is 0 Å². The topological polar surface area (TPSA) is 17.3 Å². The summed E-state index contributed by atoms with van der Waals surface area (Å²) in [7, 11) is 0. The van der Waals surface area contributed by atoms with Gasteiger partial charge in [0.15, 0.2) is 0 Å². The van der Waals surface area contributed by atoms with E-state index in [0.29, 0.717) is 0 Å². The molecule has 1 aromatic heterocycles. The molecule has 4 aromatic carbocycles. The SMILES string of the molecule is C=N/C(=C\Cc1ccccc1)c1ccc(-n2c3ccccc3c3ccccc32)cc1. The molecule has 0 radical (unpaired) electrons. The van der Waals surface area contributed by atoms with Gasteiger partial charge in [-0.2, -0.15) is 0 Å². The second-order valence-electron chi connectivity index (χ2n) is 7.35. The van der Waals surface area contributed by atoms with Crippen LogP contribution in [0.5, 0.6) is 0 Å². The number of hydrogen-bond acceptors (Lipinski definition) is 1. The first kappa shape index (κ1) is 18.1. The van der Waals surface area contributed by atoms with E-state index >= 15 is 0 Å². The van der Waals surface area contributed by atoms with E-state index in [2.05, 4.69) is 119 Å². The maximum absolute atomic E-state index is 4.27. The molecule has 1 heterocycles. The van der Waals surface area contributed by atoms with Crippen molar-refractivity contribution < 1.29 is 0 Å². The fourth-order valence-electron chi connectivity index (χ4n) is 4.08. The number of nitrogens with zero attached hydrogens (tertiary/aromatic N) is 2. The molecule has 0 aliphatic rings. The summed E-state index contributed by atoms with van der Waals surface area (Å²) >= 11 is 0. The Balaban J connectivity index is 1.54. The average Bonchev–Trinajstić information content (AvgIpc) is 3.15. The van der Waals surface area contributed by atoms with Crippen LogP contribution in [0.2, 0.25) is 0 Å². The van der Waals surface area contributed by atoms with Gasteiger partial charge in [0.1, 0.15) is 0 Å². The number of aliphatic imine (C=N–C) groups is 1. The lowest BCUT2D eigenvalue weighted by Crippen LogP contribution is -1.94. The highest BCUT2D eigenvalue weighted by Gasteiger charge is 2.11. The Morgan fingerprint density at radius 1 is 0.700 bits per heavy atom. The summed E-state index contributed by atoms with van der Waals surface area (Å²) in [5, 5.41) is 2.54. The van der Waals surface area contributed by atoms with Crippen molar-refractivity contribution in [3.8, 4) is 5.69 Å². The highest BCUT2D eigenvalue weighted by atomic mass is 15.0. The standard InChI is InChI=1S/C28H22N2/c1-29-26(20-15-21-9-3-2-4-10-21)22-16-18-23(19-17-22)30-27-13-7-5-11-24(27)25-12-6-8-14-28(25)30/h2-14,16-20H,1,15H2/b26-20-. The Kier molecular flexibility index (Phi) is 4.74. The first-order chi connectivity index (χ1) is 14.8. The molecule has 0 saturated heterocycles. The van der Waals surface area contributed by atoms with E-state index in [1.165, 1.54) is 27.4 Å². The molecule has 0 fully saturated rings. The number of allylic oxidation sites excluding steroid dienone is 1. The Labute approximate surface area is 176 Å². The summed E-state index contributed by atoms with van der Waals surface area (Å²) in [5.41, 5.74) is 6.82. The average molecular weight is 386 g/mol. The first-order valence-electron chi connectivity index (χ1n) is 10.1. The second-order valence-corrected chi connectivity index (χ2v) is 7.35. The van der Waals surface area contributed by atoms with Crippen LogP contribution in [0, 0.1) is 0 Å². The molecule has 0 aliphatic carbocycles. The zero-order chi connectivity index (χ0) is 20.3. The predicted octanol–water partition coefficient (Wildman–Crippen LogP) is 7.07.